The summed E-state index contributed by atoms with van der Waals surface area (Å²) >= 11 is 0. The van der Waals surface area contributed by atoms with E-state index in [1.54, 1.807) is 29.2 Å². The molecule has 0 spiro atoms. The number of rotatable bonds is 5. The average Bonchev–Trinajstić information content (AvgIpc) is 3.37. The zero-order valence-electron chi connectivity index (χ0n) is 19.4. The molecule has 5 rings (SSSR count). The molecular formula is C25H22N6O5. The van der Waals surface area contributed by atoms with Crippen molar-refractivity contribution in [2.45, 2.75) is 0 Å². The van der Waals surface area contributed by atoms with E-state index in [9.17, 15) is 19.2 Å². The van der Waals surface area contributed by atoms with Gasteiger partial charge in [-0.05, 0) is 12.1 Å². The summed E-state index contributed by atoms with van der Waals surface area (Å²) in [4.78, 5) is 67.8. The number of Topliss-reactive ketones (excluding diaryl/α,β-unsaturated/α-hetero) is 1. The third-order valence-electron chi connectivity index (χ3n) is 6.12. The number of amides is 2. The fourth-order valence-corrected chi connectivity index (χ4v) is 4.29. The van der Waals surface area contributed by atoms with Crippen LogP contribution in [0.3, 0.4) is 0 Å². The van der Waals surface area contributed by atoms with Crippen LogP contribution in [0.4, 0.5) is 0 Å². The minimum absolute atomic E-state index is 0.108. The van der Waals surface area contributed by atoms with Crippen LogP contribution in [-0.4, -0.2) is 80.6 Å². The number of hydrogen-bond acceptors (Lipinski definition) is 7. The molecule has 1 aromatic carbocycles. The van der Waals surface area contributed by atoms with Gasteiger partial charge in [0.15, 0.2) is 0 Å². The zero-order chi connectivity index (χ0) is 25.2. The average molecular weight is 486 g/mol. The van der Waals surface area contributed by atoms with E-state index in [0.717, 1.165) is 6.20 Å². The highest BCUT2D eigenvalue weighted by molar-refractivity contribution is 6.45. The lowest BCUT2D eigenvalue weighted by Crippen LogP contribution is -2.52. The van der Waals surface area contributed by atoms with Crippen molar-refractivity contribution in [3.05, 3.63) is 76.6 Å². The van der Waals surface area contributed by atoms with E-state index in [2.05, 4.69) is 19.9 Å². The van der Waals surface area contributed by atoms with Crippen LogP contribution in [0, 0.1) is 0 Å². The number of carbonyl (C=O) groups excluding carboxylic acids is 3. The van der Waals surface area contributed by atoms with E-state index in [4.69, 9.17) is 4.74 Å². The first-order chi connectivity index (χ1) is 17.5. The SMILES string of the molecule is COc1cnc(-c2cncc(=O)[nH]2)c2[nH]cc(C(=O)C(=O)N3CCN(C(=O)c4ccccc4)CC3)c12. The molecule has 0 saturated carbocycles. The van der Waals surface area contributed by atoms with Crippen LogP contribution in [0.5, 0.6) is 5.75 Å². The van der Waals surface area contributed by atoms with E-state index in [0.29, 0.717) is 46.7 Å². The number of nitrogens with one attached hydrogen (secondary N) is 2. The number of H-pyrrole nitrogens is 2. The number of carbonyl (C=O) groups is 3. The molecular weight excluding hydrogens is 464 g/mol. The molecule has 1 fully saturated rings. The summed E-state index contributed by atoms with van der Waals surface area (Å²) in [5.74, 6) is -1.18. The lowest BCUT2D eigenvalue weighted by Gasteiger charge is -2.34. The van der Waals surface area contributed by atoms with Crippen molar-refractivity contribution in [3.63, 3.8) is 0 Å². The van der Waals surface area contributed by atoms with E-state index < -0.39 is 17.2 Å². The molecule has 0 atom stereocenters. The monoisotopic (exact) mass is 486 g/mol. The fourth-order valence-electron chi connectivity index (χ4n) is 4.29. The Morgan fingerprint density at radius 2 is 1.69 bits per heavy atom. The van der Waals surface area contributed by atoms with Crippen molar-refractivity contribution < 1.29 is 19.1 Å². The van der Waals surface area contributed by atoms with Crippen LogP contribution in [-0.2, 0) is 4.79 Å². The number of piperazine rings is 1. The number of benzene rings is 1. The van der Waals surface area contributed by atoms with Crippen LogP contribution in [0.1, 0.15) is 20.7 Å². The molecule has 3 aromatic heterocycles. The highest BCUT2D eigenvalue weighted by Crippen LogP contribution is 2.33. The molecule has 1 aliphatic rings. The molecule has 4 heterocycles. The molecule has 1 saturated heterocycles. The fraction of sp³-hybridized carbons (Fsp3) is 0.200. The summed E-state index contributed by atoms with van der Waals surface area (Å²) in [5.41, 5.74) is 1.44. The molecule has 0 unspecified atom stereocenters. The topological polar surface area (TPSA) is 141 Å². The molecule has 0 radical (unpaired) electrons. The van der Waals surface area contributed by atoms with Crippen LogP contribution < -0.4 is 10.3 Å². The van der Waals surface area contributed by atoms with Crippen molar-refractivity contribution >= 4 is 28.5 Å². The van der Waals surface area contributed by atoms with E-state index in [1.165, 1.54) is 30.6 Å². The Morgan fingerprint density at radius 1 is 0.972 bits per heavy atom. The number of methoxy groups -OCH3 is 1. The van der Waals surface area contributed by atoms with Crippen LogP contribution in [0.25, 0.3) is 22.3 Å². The summed E-state index contributed by atoms with van der Waals surface area (Å²) in [5, 5.41) is 0.378. The Balaban J connectivity index is 1.38. The Hall–Kier alpha value is -4.80. The molecule has 0 aliphatic carbocycles. The van der Waals surface area contributed by atoms with Gasteiger partial charge in [-0.15, -0.1) is 0 Å². The highest BCUT2D eigenvalue weighted by atomic mass is 16.5. The first-order valence-corrected chi connectivity index (χ1v) is 11.2. The summed E-state index contributed by atoms with van der Waals surface area (Å²) in [6, 6.07) is 8.94. The van der Waals surface area contributed by atoms with Gasteiger partial charge in [-0.2, -0.15) is 0 Å². The van der Waals surface area contributed by atoms with Crippen LogP contribution >= 0.6 is 0 Å². The number of ketones is 1. The van der Waals surface area contributed by atoms with Crippen molar-refractivity contribution in [3.8, 4) is 17.1 Å². The predicted octanol–water partition coefficient (Wildman–Crippen LogP) is 1.49. The van der Waals surface area contributed by atoms with Crippen molar-refractivity contribution in [2.75, 3.05) is 33.3 Å². The lowest BCUT2D eigenvalue weighted by atomic mass is 10.1. The van der Waals surface area contributed by atoms with Crippen molar-refractivity contribution in [1.82, 2.24) is 29.7 Å². The third-order valence-corrected chi connectivity index (χ3v) is 6.12. The maximum Gasteiger partial charge on any atom is 0.295 e. The second-order valence-corrected chi connectivity index (χ2v) is 8.22. The molecule has 4 aromatic rings. The van der Waals surface area contributed by atoms with Gasteiger partial charge in [0.2, 0.25) is 0 Å². The standard InChI is InChI=1S/C25H22N6O5/c1-36-18-13-28-21(17-12-26-14-19(32)29-17)22-20(18)16(11-27-22)23(33)25(35)31-9-7-30(8-10-31)24(34)15-5-3-2-4-6-15/h2-6,11-14,27H,7-10H2,1H3,(H,29,32). The Kier molecular flexibility index (Phi) is 6.03. The number of fused-ring (bicyclic) bond motifs is 1. The maximum absolute atomic E-state index is 13.3. The number of nitrogens with zero attached hydrogens (tertiary/aromatic N) is 4. The molecule has 0 bridgehead atoms. The van der Waals surface area contributed by atoms with Gasteiger partial charge in [0, 0.05) is 37.9 Å². The molecule has 182 valence electrons. The smallest absolute Gasteiger partial charge is 0.295 e. The maximum atomic E-state index is 13.3. The second kappa shape index (κ2) is 9.45. The van der Waals surface area contributed by atoms with Gasteiger partial charge >= 0.3 is 0 Å². The Labute approximate surface area is 204 Å². The zero-order valence-corrected chi connectivity index (χ0v) is 19.4. The number of ether oxygens (including phenoxy) is 1. The van der Waals surface area contributed by atoms with Gasteiger partial charge in [0.1, 0.15) is 11.4 Å². The van der Waals surface area contributed by atoms with Gasteiger partial charge in [0.25, 0.3) is 23.2 Å². The van der Waals surface area contributed by atoms with Crippen LogP contribution in [0.2, 0.25) is 0 Å². The Morgan fingerprint density at radius 3 is 2.39 bits per heavy atom. The van der Waals surface area contributed by atoms with Crippen molar-refractivity contribution in [2.24, 2.45) is 0 Å². The summed E-state index contributed by atoms with van der Waals surface area (Å²) < 4.78 is 5.41. The van der Waals surface area contributed by atoms with Crippen molar-refractivity contribution in [1.29, 1.82) is 0 Å². The van der Waals surface area contributed by atoms with E-state index in [1.807, 2.05) is 6.07 Å². The van der Waals surface area contributed by atoms with Gasteiger partial charge in [-0.3, -0.25) is 24.2 Å². The first-order valence-electron chi connectivity index (χ1n) is 11.2. The number of pyridine rings is 1. The normalized spacial score (nSPS) is 13.6. The highest BCUT2D eigenvalue weighted by Gasteiger charge is 2.31. The number of aromatic nitrogens is 4. The van der Waals surface area contributed by atoms with E-state index >= 15 is 0 Å². The second-order valence-electron chi connectivity index (χ2n) is 8.22. The third kappa shape index (κ3) is 4.11. The van der Waals surface area contributed by atoms with Gasteiger partial charge in [0.05, 0.1) is 47.9 Å². The van der Waals surface area contributed by atoms with Gasteiger partial charge in [-0.1, -0.05) is 18.2 Å². The predicted molar refractivity (Wildman–Crippen MR) is 130 cm³/mol. The Bertz CT molecular complexity index is 1520. The minimum atomic E-state index is -0.709. The van der Waals surface area contributed by atoms with Gasteiger partial charge in [-0.25, -0.2) is 4.98 Å². The minimum Gasteiger partial charge on any atom is -0.494 e. The molecule has 1 aliphatic heterocycles. The summed E-state index contributed by atoms with van der Waals surface area (Å²) in [6.07, 6.45) is 5.44. The van der Waals surface area contributed by atoms with E-state index in [-0.39, 0.29) is 24.6 Å². The van der Waals surface area contributed by atoms with Gasteiger partial charge < -0.3 is 24.5 Å². The quantitative estimate of drug-likeness (QED) is 0.322. The first kappa shape index (κ1) is 23.0. The lowest BCUT2D eigenvalue weighted by molar-refractivity contribution is -0.127. The number of hydrogen-bond donors (Lipinski definition) is 2. The summed E-state index contributed by atoms with van der Waals surface area (Å²) in [7, 11) is 1.44. The largest absolute Gasteiger partial charge is 0.494 e. The molecule has 11 heteroatoms. The molecule has 2 amide bonds. The number of aromatic amines is 2. The van der Waals surface area contributed by atoms with Crippen LogP contribution in [0.15, 0.2) is 59.9 Å². The molecule has 2 N–H and O–H groups in total. The summed E-state index contributed by atoms with van der Waals surface area (Å²) in [6.45, 7) is 1.14. The molecule has 11 nitrogen and oxygen atoms in total. The molecule has 36 heavy (non-hydrogen) atoms.